The molecule has 0 bridgehead atoms. The monoisotopic (exact) mass is 386 g/mol. The zero-order chi connectivity index (χ0) is 18.0. The zero-order valence-corrected chi connectivity index (χ0v) is 14.6. The first-order chi connectivity index (χ1) is 11.8. The van der Waals surface area contributed by atoms with Gasteiger partial charge in [0.15, 0.2) is 0 Å². The van der Waals surface area contributed by atoms with Crippen molar-refractivity contribution in [2.45, 2.75) is 18.9 Å². The first-order valence-corrected chi connectivity index (χ1v) is 9.51. The lowest BCUT2D eigenvalue weighted by Gasteiger charge is -2.31. The van der Waals surface area contributed by atoms with E-state index in [0.717, 1.165) is 0 Å². The Bertz CT molecular complexity index is 816. The first-order valence-electron chi connectivity index (χ1n) is 7.52. The molecule has 3 heterocycles. The predicted molar refractivity (Wildman–Crippen MR) is 89.2 cm³/mol. The van der Waals surface area contributed by atoms with Gasteiger partial charge in [-0.2, -0.15) is 4.99 Å². The Balaban J connectivity index is 1.56. The van der Waals surface area contributed by atoms with Gasteiger partial charge >= 0.3 is 6.03 Å². The van der Waals surface area contributed by atoms with Gasteiger partial charge < -0.3 is 4.74 Å². The molecule has 0 radical (unpaired) electrons. The maximum atomic E-state index is 12.4. The summed E-state index contributed by atoms with van der Waals surface area (Å²) in [6.45, 7) is 0.507. The Morgan fingerprint density at radius 2 is 2.00 bits per heavy atom. The number of rotatable bonds is 5. The summed E-state index contributed by atoms with van der Waals surface area (Å²) in [5.74, 6) is -0.920. The number of amides is 3. The summed E-state index contributed by atoms with van der Waals surface area (Å²) in [4.78, 5) is 29.9. The minimum atomic E-state index is -3.72. The number of hydrogen-bond acceptors (Lipinski definition) is 6. The van der Waals surface area contributed by atoms with Crippen molar-refractivity contribution in [3.63, 3.8) is 0 Å². The van der Waals surface area contributed by atoms with E-state index in [4.69, 9.17) is 16.3 Å². The molecule has 1 saturated heterocycles. The van der Waals surface area contributed by atoms with Crippen LogP contribution >= 0.6 is 11.6 Å². The molecule has 2 aliphatic heterocycles. The van der Waals surface area contributed by atoms with E-state index in [1.54, 1.807) is 12.1 Å². The van der Waals surface area contributed by atoms with Gasteiger partial charge in [-0.15, -0.1) is 0 Å². The van der Waals surface area contributed by atoms with Crippen molar-refractivity contribution < 1.29 is 22.7 Å². The number of halogens is 1. The van der Waals surface area contributed by atoms with Crippen molar-refractivity contribution in [2.24, 2.45) is 4.99 Å². The number of aliphatic imine (C=N–C) groups is 1. The number of nitrogens with zero attached hydrogens (tertiary/aromatic N) is 3. The third kappa shape index (κ3) is 4.33. The topological polar surface area (TPSA) is 118 Å². The Labute approximate surface area is 149 Å². The maximum Gasteiger partial charge on any atom is 0.348 e. The SMILES string of the molecule is O=C1N=C(CS(=O)(=O)N2CCC(Oc3ccc(Cl)cn3)CC2)C(=O)N1. The Morgan fingerprint density at radius 1 is 1.28 bits per heavy atom. The molecule has 1 fully saturated rings. The number of nitrogens with one attached hydrogen (secondary N) is 1. The average Bonchev–Trinajstić information content (AvgIpc) is 2.87. The molecule has 0 aliphatic carbocycles. The lowest BCUT2D eigenvalue weighted by Crippen LogP contribution is -2.44. The second-order valence-electron chi connectivity index (χ2n) is 5.60. The molecular formula is C14H15ClN4O5S. The van der Waals surface area contributed by atoms with Crippen molar-refractivity contribution in [1.82, 2.24) is 14.6 Å². The molecule has 2 aliphatic rings. The molecule has 0 spiro atoms. The highest BCUT2D eigenvalue weighted by atomic mass is 35.5. The van der Waals surface area contributed by atoms with Gasteiger partial charge in [-0.3, -0.25) is 10.1 Å². The number of ether oxygens (including phenoxy) is 1. The molecule has 0 saturated carbocycles. The molecule has 0 aromatic carbocycles. The number of piperidine rings is 1. The van der Waals surface area contributed by atoms with E-state index in [1.807, 2.05) is 5.32 Å². The zero-order valence-electron chi connectivity index (χ0n) is 13.0. The van der Waals surface area contributed by atoms with Crippen LogP contribution in [0.4, 0.5) is 4.79 Å². The van der Waals surface area contributed by atoms with Crippen LogP contribution in [-0.2, 0) is 14.8 Å². The van der Waals surface area contributed by atoms with Crippen LogP contribution in [0.25, 0.3) is 0 Å². The number of aromatic nitrogens is 1. The summed E-state index contributed by atoms with van der Waals surface area (Å²) >= 11 is 5.76. The van der Waals surface area contributed by atoms with Crippen LogP contribution in [0, 0.1) is 0 Å². The number of urea groups is 1. The molecule has 11 heteroatoms. The van der Waals surface area contributed by atoms with Crippen LogP contribution in [0.2, 0.25) is 5.02 Å². The summed E-state index contributed by atoms with van der Waals surface area (Å²) in [6, 6.07) is 2.48. The highest BCUT2D eigenvalue weighted by molar-refractivity contribution is 7.90. The quantitative estimate of drug-likeness (QED) is 0.791. The van der Waals surface area contributed by atoms with Gasteiger partial charge in [0, 0.05) is 25.4 Å². The Kier molecular flexibility index (Phi) is 5.02. The third-order valence-corrected chi connectivity index (χ3v) is 5.83. The van der Waals surface area contributed by atoms with Gasteiger partial charge in [0.1, 0.15) is 17.6 Å². The summed E-state index contributed by atoms with van der Waals surface area (Å²) < 4.78 is 31.8. The minimum absolute atomic E-state index is 0.158. The Hall–Kier alpha value is -2.04. The van der Waals surface area contributed by atoms with Gasteiger partial charge in [0.25, 0.3) is 5.91 Å². The summed E-state index contributed by atoms with van der Waals surface area (Å²) in [5, 5.41) is 2.43. The van der Waals surface area contributed by atoms with Gasteiger partial charge in [-0.25, -0.2) is 22.5 Å². The van der Waals surface area contributed by atoms with E-state index in [0.29, 0.717) is 23.7 Å². The van der Waals surface area contributed by atoms with Crippen LogP contribution in [0.5, 0.6) is 5.88 Å². The van der Waals surface area contributed by atoms with Crippen molar-refractivity contribution in [2.75, 3.05) is 18.8 Å². The van der Waals surface area contributed by atoms with Crippen molar-refractivity contribution >= 4 is 39.3 Å². The minimum Gasteiger partial charge on any atom is -0.474 e. The number of imide groups is 1. The largest absolute Gasteiger partial charge is 0.474 e. The molecule has 3 rings (SSSR count). The van der Waals surface area contributed by atoms with Crippen LogP contribution in [0.3, 0.4) is 0 Å². The van der Waals surface area contributed by atoms with E-state index in [2.05, 4.69) is 9.98 Å². The second-order valence-corrected chi connectivity index (χ2v) is 8.01. The first kappa shape index (κ1) is 17.8. The average molecular weight is 387 g/mol. The normalized spacial score (nSPS) is 19.6. The van der Waals surface area contributed by atoms with Crippen LogP contribution in [-0.4, -0.2) is 60.3 Å². The molecule has 0 unspecified atom stereocenters. The molecule has 9 nitrogen and oxygen atoms in total. The predicted octanol–water partition coefficient (Wildman–Crippen LogP) is 0.599. The standard InChI is InChI=1S/C14H15ClN4O5S/c15-9-1-2-12(16-7-9)24-10-3-5-19(6-4-10)25(22,23)8-11-13(20)18-14(21)17-11/h1-2,7,10H,3-6,8H2,(H,18,20,21). The Morgan fingerprint density at radius 3 is 2.56 bits per heavy atom. The van der Waals surface area contributed by atoms with Crippen LogP contribution < -0.4 is 10.1 Å². The summed E-state index contributed by atoms with van der Waals surface area (Å²) in [6.07, 6.45) is 2.29. The highest BCUT2D eigenvalue weighted by Gasteiger charge is 2.34. The summed E-state index contributed by atoms with van der Waals surface area (Å²) in [5.41, 5.74) is -0.284. The molecule has 25 heavy (non-hydrogen) atoms. The maximum absolute atomic E-state index is 12.4. The fourth-order valence-electron chi connectivity index (χ4n) is 2.56. The third-order valence-electron chi connectivity index (χ3n) is 3.82. The van der Waals surface area contributed by atoms with E-state index < -0.39 is 27.7 Å². The molecule has 3 amide bonds. The van der Waals surface area contributed by atoms with Crippen LogP contribution in [0.15, 0.2) is 23.3 Å². The number of carbonyl (C=O) groups excluding carboxylic acids is 2. The van der Waals surface area contributed by atoms with Crippen molar-refractivity contribution in [3.05, 3.63) is 23.4 Å². The van der Waals surface area contributed by atoms with Crippen LogP contribution in [0.1, 0.15) is 12.8 Å². The summed E-state index contributed by atoms with van der Waals surface area (Å²) in [7, 11) is -3.72. The fourth-order valence-corrected chi connectivity index (χ4v) is 4.17. The molecule has 1 aromatic heterocycles. The second kappa shape index (κ2) is 7.06. The van der Waals surface area contributed by atoms with E-state index in [1.165, 1.54) is 10.5 Å². The van der Waals surface area contributed by atoms with Gasteiger partial charge in [-0.05, 0) is 18.9 Å². The van der Waals surface area contributed by atoms with Gasteiger partial charge in [0.05, 0.1) is 5.02 Å². The number of pyridine rings is 1. The van der Waals surface area contributed by atoms with Gasteiger partial charge in [-0.1, -0.05) is 11.6 Å². The highest BCUT2D eigenvalue weighted by Crippen LogP contribution is 2.20. The molecular weight excluding hydrogens is 372 g/mol. The van der Waals surface area contributed by atoms with Crippen molar-refractivity contribution in [1.29, 1.82) is 0 Å². The number of sulfonamides is 1. The smallest absolute Gasteiger partial charge is 0.348 e. The lowest BCUT2D eigenvalue weighted by molar-refractivity contribution is -0.113. The van der Waals surface area contributed by atoms with Gasteiger partial charge in [0.2, 0.25) is 15.9 Å². The van der Waals surface area contributed by atoms with E-state index in [-0.39, 0.29) is 24.9 Å². The number of hydrogen-bond donors (Lipinski definition) is 1. The number of carbonyl (C=O) groups is 2. The van der Waals surface area contributed by atoms with Crippen molar-refractivity contribution in [3.8, 4) is 5.88 Å². The fraction of sp³-hybridized carbons (Fsp3) is 0.429. The lowest BCUT2D eigenvalue weighted by atomic mass is 10.1. The van der Waals surface area contributed by atoms with E-state index >= 15 is 0 Å². The molecule has 1 N–H and O–H groups in total. The molecule has 134 valence electrons. The van der Waals surface area contributed by atoms with E-state index in [9.17, 15) is 18.0 Å². The molecule has 1 aromatic rings. The molecule has 0 atom stereocenters.